The Kier molecular flexibility index (Phi) is 5.83. The largest absolute Gasteiger partial charge is 0.676 e. The second-order valence-electron chi connectivity index (χ2n) is 3.78. The van der Waals surface area contributed by atoms with Crippen molar-refractivity contribution in [1.82, 2.24) is 0 Å². The molecule has 1 rings (SSSR count). The monoisotopic (exact) mass is 252 g/mol. The molecule has 1 heterocycles. The summed E-state index contributed by atoms with van der Waals surface area (Å²) >= 11 is 0. The van der Waals surface area contributed by atoms with Gasteiger partial charge in [0.2, 0.25) is 0 Å². The molecule has 6 nitrogen and oxygen atoms in total. The fraction of sp³-hybridized carbons (Fsp3) is 1.00. The maximum atomic E-state index is 9.57. The van der Waals surface area contributed by atoms with Crippen LogP contribution in [0.3, 0.4) is 0 Å². The van der Waals surface area contributed by atoms with E-state index in [9.17, 15) is 9.90 Å². The summed E-state index contributed by atoms with van der Waals surface area (Å²) in [6.07, 6.45) is 2.25. The SMILES string of the molecule is CO[Si](O)(OC)OCC(O)CCCC1CO1. The van der Waals surface area contributed by atoms with Crippen molar-refractivity contribution in [2.24, 2.45) is 0 Å². The van der Waals surface area contributed by atoms with E-state index in [0.29, 0.717) is 12.5 Å². The molecule has 1 aliphatic rings. The third-order valence-corrected chi connectivity index (χ3v) is 4.00. The van der Waals surface area contributed by atoms with E-state index in [4.69, 9.17) is 18.0 Å². The fourth-order valence-corrected chi connectivity index (χ4v) is 2.11. The zero-order chi connectivity index (χ0) is 12.0. The van der Waals surface area contributed by atoms with Crippen molar-refractivity contribution in [1.29, 1.82) is 0 Å². The molecule has 0 saturated carbocycles. The Balaban J connectivity index is 2.05. The number of hydrogen-bond acceptors (Lipinski definition) is 6. The predicted molar refractivity (Wildman–Crippen MR) is 57.5 cm³/mol. The Morgan fingerprint density at radius 1 is 1.44 bits per heavy atom. The minimum Gasteiger partial charge on any atom is -0.391 e. The van der Waals surface area contributed by atoms with E-state index in [1.807, 2.05) is 0 Å². The molecule has 1 aliphatic heterocycles. The highest BCUT2D eigenvalue weighted by Gasteiger charge is 2.39. The number of ether oxygens (including phenoxy) is 1. The lowest BCUT2D eigenvalue weighted by Gasteiger charge is -2.20. The smallest absolute Gasteiger partial charge is 0.391 e. The van der Waals surface area contributed by atoms with Crippen LogP contribution in [0.2, 0.25) is 0 Å². The Bertz CT molecular complexity index is 194. The Morgan fingerprint density at radius 2 is 2.06 bits per heavy atom. The molecule has 0 spiro atoms. The highest BCUT2D eigenvalue weighted by molar-refractivity contribution is 6.51. The topological polar surface area (TPSA) is 80.7 Å². The first-order valence-electron chi connectivity index (χ1n) is 5.36. The standard InChI is InChI=1S/C9H20O6Si/c1-12-16(11,13-2)15-6-8(10)4-3-5-9-7-14-9/h8-11H,3-7H2,1-2H3. The number of rotatable bonds is 9. The van der Waals surface area contributed by atoms with Crippen molar-refractivity contribution >= 4 is 9.05 Å². The van der Waals surface area contributed by atoms with Gasteiger partial charge in [-0.15, -0.1) is 0 Å². The maximum Gasteiger partial charge on any atom is 0.676 e. The molecular weight excluding hydrogens is 232 g/mol. The number of hydrogen-bond donors (Lipinski definition) is 2. The molecule has 2 atom stereocenters. The van der Waals surface area contributed by atoms with Gasteiger partial charge < -0.3 is 27.9 Å². The zero-order valence-corrected chi connectivity index (χ0v) is 10.7. The molecule has 2 unspecified atom stereocenters. The molecule has 1 fully saturated rings. The van der Waals surface area contributed by atoms with Gasteiger partial charge in [0.1, 0.15) is 0 Å². The molecule has 0 aromatic carbocycles. The average Bonchev–Trinajstić information content (AvgIpc) is 3.10. The number of aliphatic hydroxyl groups excluding tert-OH is 1. The summed E-state index contributed by atoms with van der Waals surface area (Å²) in [6.45, 7) is 0.864. The van der Waals surface area contributed by atoms with Gasteiger partial charge in [0.25, 0.3) is 0 Å². The van der Waals surface area contributed by atoms with Crippen molar-refractivity contribution in [2.75, 3.05) is 27.4 Å². The molecule has 16 heavy (non-hydrogen) atoms. The van der Waals surface area contributed by atoms with E-state index < -0.39 is 15.2 Å². The molecular formula is C9H20O6Si. The summed E-state index contributed by atoms with van der Waals surface area (Å²) in [7, 11) is -0.869. The third-order valence-electron chi connectivity index (χ3n) is 2.44. The lowest BCUT2D eigenvalue weighted by Crippen LogP contribution is -2.45. The van der Waals surface area contributed by atoms with Crippen molar-refractivity contribution < 1.29 is 27.9 Å². The van der Waals surface area contributed by atoms with Gasteiger partial charge in [-0.3, -0.25) is 0 Å². The van der Waals surface area contributed by atoms with Gasteiger partial charge in [0, 0.05) is 14.2 Å². The Labute approximate surface area is 96.6 Å². The fourth-order valence-electron chi connectivity index (χ4n) is 1.30. The van der Waals surface area contributed by atoms with Gasteiger partial charge in [-0.05, 0) is 19.3 Å². The molecule has 7 heteroatoms. The Morgan fingerprint density at radius 3 is 2.56 bits per heavy atom. The minimum absolute atomic E-state index is 0.0237. The van der Waals surface area contributed by atoms with Crippen molar-refractivity contribution in [3.63, 3.8) is 0 Å². The van der Waals surface area contributed by atoms with Crippen LogP contribution in [0.4, 0.5) is 0 Å². The second kappa shape index (κ2) is 6.65. The van der Waals surface area contributed by atoms with Crippen LogP contribution in [0.25, 0.3) is 0 Å². The lowest BCUT2D eigenvalue weighted by atomic mass is 10.1. The molecule has 0 bridgehead atoms. The van der Waals surface area contributed by atoms with E-state index in [0.717, 1.165) is 19.4 Å². The van der Waals surface area contributed by atoms with Gasteiger partial charge in [-0.2, -0.15) is 0 Å². The number of aliphatic hydroxyl groups is 1. The summed E-state index contributed by atoms with van der Waals surface area (Å²) in [5, 5.41) is 9.57. The zero-order valence-electron chi connectivity index (χ0n) is 9.72. The normalized spacial score (nSPS) is 22.1. The number of epoxide rings is 1. The van der Waals surface area contributed by atoms with E-state index in [1.54, 1.807) is 0 Å². The van der Waals surface area contributed by atoms with Crippen LogP contribution in [0.5, 0.6) is 0 Å². The van der Waals surface area contributed by atoms with Crippen LogP contribution in [-0.2, 0) is 18.0 Å². The van der Waals surface area contributed by atoms with Crippen LogP contribution in [0.15, 0.2) is 0 Å². The minimum atomic E-state index is -3.49. The third kappa shape index (κ3) is 5.35. The van der Waals surface area contributed by atoms with E-state index >= 15 is 0 Å². The van der Waals surface area contributed by atoms with Crippen molar-refractivity contribution in [3.8, 4) is 0 Å². The van der Waals surface area contributed by atoms with Crippen LogP contribution in [-0.4, -0.2) is 58.6 Å². The molecule has 96 valence electrons. The quantitative estimate of drug-likeness (QED) is 0.431. The average molecular weight is 252 g/mol. The maximum absolute atomic E-state index is 9.57. The Hall–Kier alpha value is -0.0231. The van der Waals surface area contributed by atoms with Crippen LogP contribution >= 0.6 is 0 Å². The second-order valence-corrected chi connectivity index (χ2v) is 5.94. The molecule has 0 aliphatic carbocycles. The van der Waals surface area contributed by atoms with Gasteiger partial charge in [-0.25, -0.2) is 0 Å². The van der Waals surface area contributed by atoms with E-state index in [-0.39, 0.29) is 6.61 Å². The van der Waals surface area contributed by atoms with Crippen LogP contribution < -0.4 is 0 Å². The summed E-state index contributed by atoms with van der Waals surface area (Å²) in [4.78, 5) is 9.54. The van der Waals surface area contributed by atoms with Crippen LogP contribution in [0, 0.1) is 0 Å². The van der Waals surface area contributed by atoms with E-state index in [2.05, 4.69) is 0 Å². The van der Waals surface area contributed by atoms with Gasteiger partial charge >= 0.3 is 9.05 Å². The highest BCUT2D eigenvalue weighted by Crippen LogP contribution is 2.17. The van der Waals surface area contributed by atoms with Gasteiger partial charge in [0.15, 0.2) is 0 Å². The van der Waals surface area contributed by atoms with Crippen molar-refractivity contribution in [3.05, 3.63) is 0 Å². The predicted octanol–water partition coefficient (Wildman–Crippen LogP) is -0.346. The summed E-state index contributed by atoms with van der Waals surface area (Å²) in [5.41, 5.74) is 0. The molecule has 0 amide bonds. The molecule has 0 aromatic heterocycles. The first-order valence-corrected chi connectivity index (χ1v) is 7.03. The molecule has 2 N–H and O–H groups in total. The summed E-state index contributed by atoms with van der Waals surface area (Å²) in [5.74, 6) is 0. The summed E-state index contributed by atoms with van der Waals surface area (Å²) < 4.78 is 19.5. The van der Waals surface area contributed by atoms with Gasteiger partial charge in [-0.1, -0.05) is 0 Å². The first kappa shape index (κ1) is 14.0. The molecule has 0 radical (unpaired) electrons. The van der Waals surface area contributed by atoms with Gasteiger partial charge in [0.05, 0.1) is 25.4 Å². The molecule has 0 aromatic rings. The van der Waals surface area contributed by atoms with Crippen LogP contribution in [0.1, 0.15) is 19.3 Å². The van der Waals surface area contributed by atoms with E-state index in [1.165, 1.54) is 14.2 Å². The lowest BCUT2D eigenvalue weighted by molar-refractivity contribution is -0.00972. The molecule has 1 saturated heterocycles. The first-order chi connectivity index (χ1) is 7.59. The highest BCUT2D eigenvalue weighted by atomic mass is 28.4. The van der Waals surface area contributed by atoms with Crippen molar-refractivity contribution in [2.45, 2.75) is 31.5 Å². The summed E-state index contributed by atoms with van der Waals surface area (Å²) in [6, 6.07) is 0.